The van der Waals surface area contributed by atoms with Crippen LogP contribution in [-0.2, 0) is 11.3 Å². The lowest BCUT2D eigenvalue weighted by atomic mass is 10.0. The Hall–Kier alpha value is -1.64. The fourth-order valence-electron chi connectivity index (χ4n) is 2.60. The molecule has 1 N–H and O–H groups in total. The van der Waals surface area contributed by atoms with Crippen molar-refractivity contribution in [1.29, 1.82) is 0 Å². The van der Waals surface area contributed by atoms with Crippen LogP contribution < -0.4 is 5.32 Å². The van der Waals surface area contributed by atoms with Gasteiger partial charge in [-0.3, -0.25) is 0 Å². The van der Waals surface area contributed by atoms with Crippen LogP contribution in [0.2, 0.25) is 0 Å². The Morgan fingerprint density at radius 2 is 1.70 bits per heavy atom. The van der Waals surface area contributed by atoms with Gasteiger partial charge < -0.3 is 10.1 Å². The van der Waals surface area contributed by atoms with Gasteiger partial charge in [0.05, 0.1) is 12.7 Å². The zero-order valence-corrected chi connectivity index (χ0v) is 11.7. The van der Waals surface area contributed by atoms with E-state index in [-0.39, 0.29) is 0 Å². The van der Waals surface area contributed by atoms with Crippen molar-refractivity contribution in [1.82, 2.24) is 5.32 Å². The molecule has 1 heterocycles. The van der Waals surface area contributed by atoms with Gasteiger partial charge in [0, 0.05) is 6.54 Å². The number of hydrogen-bond acceptors (Lipinski definition) is 2. The van der Waals surface area contributed by atoms with Gasteiger partial charge in [0.25, 0.3) is 0 Å². The highest BCUT2D eigenvalue weighted by Gasteiger charge is 2.12. The van der Waals surface area contributed by atoms with Crippen molar-refractivity contribution >= 4 is 0 Å². The average Bonchev–Trinajstić information content (AvgIpc) is 2.55. The van der Waals surface area contributed by atoms with E-state index in [0.29, 0.717) is 12.7 Å². The second-order valence-electron chi connectivity index (χ2n) is 5.34. The van der Waals surface area contributed by atoms with E-state index in [9.17, 15) is 0 Å². The van der Waals surface area contributed by atoms with Gasteiger partial charge in [0.2, 0.25) is 0 Å². The minimum absolute atomic E-state index is 0.373. The first-order chi connectivity index (χ1) is 9.92. The van der Waals surface area contributed by atoms with Gasteiger partial charge in [-0.1, -0.05) is 54.6 Å². The molecule has 0 amide bonds. The summed E-state index contributed by atoms with van der Waals surface area (Å²) in [7, 11) is 0. The third-order valence-electron chi connectivity index (χ3n) is 3.80. The van der Waals surface area contributed by atoms with Crippen LogP contribution in [-0.4, -0.2) is 19.2 Å². The first kappa shape index (κ1) is 13.3. The predicted molar refractivity (Wildman–Crippen MR) is 82.6 cm³/mol. The van der Waals surface area contributed by atoms with Crippen LogP contribution in [0.3, 0.4) is 0 Å². The molecule has 20 heavy (non-hydrogen) atoms. The van der Waals surface area contributed by atoms with Crippen molar-refractivity contribution in [3.05, 3.63) is 60.2 Å². The third kappa shape index (κ3) is 3.47. The largest absolute Gasteiger partial charge is 0.372 e. The monoisotopic (exact) mass is 267 g/mol. The van der Waals surface area contributed by atoms with Crippen LogP contribution in [0.25, 0.3) is 11.1 Å². The van der Waals surface area contributed by atoms with E-state index in [2.05, 4.69) is 53.8 Å². The fourth-order valence-corrected chi connectivity index (χ4v) is 2.60. The van der Waals surface area contributed by atoms with Crippen molar-refractivity contribution < 1.29 is 4.74 Å². The molecule has 0 aromatic heterocycles. The molecule has 1 aliphatic rings. The van der Waals surface area contributed by atoms with Gasteiger partial charge in [-0.15, -0.1) is 0 Å². The van der Waals surface area contributed by atoms with E-state index in [0.717, 1.165) is 13.1 Å². The van der Waals surface area contributed by atoms with Crippen LogP contribution in [0.15, 0.2) is 54.6 Å². The van der Waals surface area contributed by atoms with Crippen LogP contribution in [0, 0.1) is 0 Å². The molecule has 0 spiro atoms. The summed E-state index contributed by atoms with van der Waals surface area (Å²) in [5, 5.41) is 3.38. The highest BCUT2D eigenvalue weighted by molar-refractivity contribution is 5.63. The number of rotatable bonds is 4. The summed E-state index contributed by atoms with van der Waals surface area (Å²) in [6, 6.07) is 19.1. The Labute approximate surface area is 120 Å². The molecule has 0 saturated carbocycles. The quantitative estimate of drug-likeness (QED) is 0.913. The summed E-state index contributed by atoms with van der Waals surface area (Å²) in [6.07, 6.45) is 2.77. The van der Waals surface area contributed by atoms with E-state index >= 15 is 0 Å². The van der Waals surface area contributed by atoms with Crippen LogP contribution >= 0.6 is 0 Å². The topological polar surface area (TPSA) is 21.3 Å². The molecule has 1 saturated heterocycles. The minimum atomic E-state index is 0.373. The maximum absolute atomic E-state index is 5.95. The molecule has 2 aromatic rings. The normalized spacial score (nSPS) is 18.9. The summed E-state index contributed by atoms with van der Waals surface area (Å²) >= 11 is 0. The van der Waals surface area contributed by atoms with Crippen molar-refractivity contribution in [3.8, 4) is 11.1 Å². The van der Waals surface area contributed by atoms with Gasteiger partial charge in [0.1, 0.15) is 0 Å². The van der Waals surface area contributed by atoms with E-state index in [1.54, 1.807) is 0 Å². The number of nitrogens with one attached hydrogen (secondary N) is 1. The molecule has 2 aromatic carbocycles. The summed E-state index contributed by atoms with van der Waals surface area (Å²) in [4.78, 5) is 0. The molecule has 0 aliphatic carbocycles. The molecule has 2 heteroatoms. The Balaban J connectivity index is 1.58. The summed E-state index contributed by atoms with van der Waals surface area (Å²) in [5.41, 5.74) is 3.76. The predicted octanol–water partition coefficient (Wildman–Crippen LogP) is 3.62. The maximum atomic E-state index is 5.95. The fraction of sp³-hybridized carbons (Fsp3) is 0.333. The van der Waals surface area contributed by atoms with Crippen molar-refractivity contribution in [3.63, 3.8) is 0 Å². The van der Waals surface area contributed by atoms with Crippen molar-refractivity contribution in [2.45, 2.75) is 25.6 Å². The molecular formula is C18H21NO. The van der Waals surface area contributed by atoms with E-state index < -0.39 is 0 Å². The van der Waals surface area contributed by atoms with E-state index in [4.69, 9.17) is 4.74 Å². The number of piperidine rings is 1. The highest BCUT2D eigenvalue weighted by atomic mass is 16.5. The zero-order valence-electron chi connectivity index (χ0n) is 11.7. The van der Waals surface area contributed by atoms with Crippen LogP contribution in [0.4, 0.5) is 0 Å². The lowest BCUT2D eigenvalue weighted by Gasteiger charge is -2.23. The molecule has 1 aliphatic heterocycles. The zero-order chi connectivity index (χ0) is 13.6. The van der Waals surface area contributed by atoms with Crippen molar-refractivity contribution in [2.24, 2.45) is 0 Å². The van der Waals surface area contributed by atoms with Gasteiger partial charge in [-0.2, -0.15) is 0 Å². The van der Waals surface area contributed by atoms with Gasteiger partial charge >= 0.3 is 0 Å². The Morgan fingerprint density at radius 3 is 2.40 bits per heavy atom. The molecule has 104 valence electrons. The molecule has 0 unspecified atom stereocenters. The summed E-state index contributed by atoms with van der Waals surface area (Å²) in [5.74, 6) is 0. The van der Waals surface area contributed by atoms with Gasteiger partial charge in [-0.25, -0.2) is 0 Å². The van der Waals surface area contributed by atoms with Crippen molar-refractivity contribution in [2.75, 3.05) is 13.1 Å². The van der Waals surface area contributed by atoms with Crippen LogP contribution in [0.1, 0.15) is 18.4 Å². The second kappa shape index (κ2) is 6.69. The van der Waals surface area contributed by atoms with Crippen LogP contribution in [0.5, 0.6) is 0 Å². The lowest BCUT2D eigenvalue weighted by Crippen LogP contribution is -2.35. The highest BCUT2D eigenvalue weighted by Crippen LogP contribution is 2.20. The molecule has 2 nitrogen and oxygen atoms in total. The Morgan fingerprint density at radius 1 is 0.950 bits per heavy atom. The molecule has 0 radical (unpaired) electrons. The number of benzene rings is 2. The number of ether oxygens (including phenoxy) is 1. The minimum Gasteiger partial charge on any atom is -0.372 e. The first-order valence-corrected chi connectivity index (χ1v) is 7.38. The van der Waals surface area contributed by atoms with E-state index in [1.807, 2.05) is 6.07 Å². The molecular weight excluding hydrogens is 246 g/mol. The van der Waals surface area contributed by atoms with Gasteiger partial charge in [0.15, 0.2) is 0 Å². The summed E-state index contributed by atoms with van der Waals surface area (Å²) < 4.78 is 5.95. The molecule has 3 rings (SSSR count). The smallest absolute Gasteiger partial charge is 0.0721 e. The molecule has 1 atom stereocenters. The Kier molecular flexibility index (Phi) is 4.46. The Bertz CT molecular complexity index is 515. The SMILES string of the molecule is c1ccc(-c2ccc(CO[C@H]3CCCNC3)cc2)cc1. The summed E-state index contributed by atoms with van der Waals surface area (Å²) in [6.45, 7) is 2.83. The van der Waals surface area contributed by atoms with E-state index in [1.165, 1.54) is 29.5 Å². The number of hydrogen-bond donors (Lipinski definition) is 1. The first-order valence-electron chi connectivity index (χ1n) is 7.38. The lowest BCUT2D eigenvalue weighted by molar-refractivity contribution is 0.0253. The standard InChI is InChI=1S/C18H21NO/c1-2-5-16(6-3-1)17-10-8-15(9-11-17)14-20-18-7-4-12-19-13-18/h1-3,5-6,8-11,18-19H,4,7,12-14H2/t18-/m0/s1. The molecule has 1 fully saturated rings. The third-order valence-corrected chi connectivity index (χ3v) is 3.80. The van der Waals surface area contributed by atoms with Gasteiger partial charge in [-0.05, 0) is 36.1 Å². The second-order valence-corrected chi connectivity index (χ2v) is 5.34. The maximum Gasteiger partial charge on any atom is 0.0721 e. The molecule has 0 bridgehead atoms. The average molecular weight is 267 g/mol.